The Morgan fingerprint density at radius 1 is 1.33 bits per heavy atom. The Hall–Kier alpha value is -1.77. The van der Waals surface area contributed by atoms with Crippen LogP contribution in [0, 0.1) is 11.3 Å². The van der Waals surface area contributed by atoms with Crippen LogP contribution >= 0.6 is 0 Å². The van der Waals surface area contributed by atoms with Crippen LogP contribution in [-0.2, 0) is 4.79 Å². The third-order valence-corrected chi connectivity index (χ3v) is 2.96. The number of hydrogen-bond acceptors (Lipinski definition) is 3. The minimum atomic E-state index is -0.290. The lowest BCUT2D eigenvalue weighted by Crippen LogP contribution is -2.40. The number of carbonyl (C=O) groups is 1. The Morgan fingerprint density at radius 3 is 2.61 bits per heavy atom. The average Bonchev–Trinajstić information content (AvgIpc) is 2.62. The number of rotatable bonds is 4. The smallest absolute Gasteiger partial charge is 0.242 e. The molecule has 0 heterocycles. The van der Waals surface area contributed by atoms with Crippen molar-refractivity contribution in [3.05, 3.63) is 0 Å². The van der Waals surface area contributed by atoms with E-state index in [-0.39, 0.29) is 19.0 Å². The van der Waals surface area contributed by atoms with Gasteiger partial charge in [0.15, 0.2) is 5.96 Å². The molecule has 6 heteroatoms. The van der Waals surface area contributed by atoms with Gasteiger partial charge in [-0.1, -0.05) is 25.7 Å². The molecule has 1 amide bonds. The van der Waals surface area contributed by atoms with Gasteiger partial charge >= 0.3 is 0 Å². The molecule has 1 aliphatic rings. The number of carbonyl (C=O) groups excluding carboxylic acids is 1. The number of nitrogens with two attached hydrogens (primary N) is 1. The fourth-order valence-electron chi connectivity index (χ4n) is 2.03. The standard InChI is InChI=1S/C12H21N5O/c13-7-8-15-11(18)9-16-12(14)17-10-5-3-1-2-4-6-10/h10H,1-6,8-9H2,(H,15,18)(H3,14,16,17). The van der Waals surface area contributed by atoms with Gasteiger partial charge in [0.05, 0.1) is 6.07 Å². The second kappa shape index (κ2) is 8.34. The maximum Gasteiger partial charge on any atom is 0.242 e. The van der Waals surface area contributed by atoms with E-state index in [4.69, 9.17) is 11.0 Å². The van der Waals surface area contributed by atoms with Gasteiger partial charge < -0.3 is 16.4 Å². The van der Waals surface area contributed by atoms with Gasteiger partial charge in [0.1, 0.15) is 13.1 Å². The second-order valence-electron chi connectivity index (χ2n) is 4.47. The molecule has 0 atom stereocenters. The summed E-state index contributed by atoms with van der Waals surface area (Å²) in [6.45, 7) is -0.0302. The summed E-state index contributed by atoms with van der Waals surface area (Å²) in [4.78, 5) is 15.2. The molecule has 0 bridgehead atoms. The fourth-order valence-corrected chi connectivity index (χ4v) is 2.03. The number of amides is 1. The molecule has 0 unspecified atom stereocenters. The number of nitriles is 1. The first-order valence-electron chi connectivity index (χ1n) is 6.42. The van der Waals surface area contributed by atoms with E-state index in [1.807, 2.05) is 6.07 Å². The summed E-state index contributed by atoms with van der Waals surface area (Å²) in [6, 6.07) is 2.21. The number of hydrogen-bond donors (Lipinski definition) is 3. The van der Waals surface area contributed by atoms with Gasteiger partial charge in [0, 0.05) is 6.04 Å². The molecule has 0 aromatic rings. The van der Waals surface area contributed by atoms with Crippen molar-refractivity contribution in [1.29, 1.82) is 5.26 Å². The predicted octanol–water partition coefficient (Wildman–Crippen LogP) is 0.253. The summed E-state index contributed by atoms with van der Waals surface area (Å²) < 4.78 is 0. The Kier molecular flexibility index (Phi) is 6.62. The largest absolute Gasteiger partial charge is 0.370 e. The monoisotopic (exact) mass is 251 g/mol. The van der Waals surface area contributed by atoms with Gasteiger partial charge in [0.2, 0.25) is 5.91 Å². The molecule has 0 spiro atoms. The van der Waals surface area contributed by atoms with E-state index >= 15 is 0 Å². The Balaban J connectivity index is 2.27. The van der Waals surface area contributed by atoms with Gasteiger partial charge in [-0.15, -0.1) is 0 Å². The third kappa shape index (κ3) is 6.09. The first-order valence-corrected chi connectivity index (χ1v) is 6.42. The van der Waals surface area contributed by atoms with E-state index in [1.54, 1.807) is 0 Å². The Morgan fingerprint density at radius 2 is 2.00 bits per heavy atom. The summed E-state index contributed by atoms with van der Waals surface area (Å²) in [6.07, 6.45) is 7.21. The molecule has 0 saturated heterocycles. The van der Waals surface area contributed by atoms with Crippen molar-refractivity contribution in [1.82, 2.24) is 10.6 Å². The summed E-state index contributed by atoms with van der Waals surface area (Å²) in [5.74, 6) is 0.0242. The molecule has 100 valence electrons. The maximum absolute atomic E-state index is 11.2. The molecule has 0 aromatic carbocycles. The van der Waals surface area contributed by atoms with Crippen LogP contribution in [0.2, 0.25) is 0 Å². The summed E-state index contributed by atoms with van der Waals surface area (Å²) in [7, 11) is 0. The summed E-state index contributed by atoms with van der Waals surface area (Å²) in [5.41, 5.74) is 5.73. The lowest BCUT2D eigenvalue weighted by atomic mass is 10.1. The molecule has 0 aromatic heterocycles. The van der Waals surface area contributed by atoms with Crippen LogP contribution in [0.4, 0.5) is 0 Å². The quantitative estimate of drug-likeness (QED) is 0.288. The van der Waals surface area contributed by atoms with Gasteiger partial charge in [-0.25, -0.2) is 4.99 Å². The van der Waals surface area contributed by atoms with Crippen LogP contribution in [0.25, 0.3) is 0 Å². The summed E-state index contributed by atoms with van der Waals surface area (Å²) in [5, 5.41) is 13.9. The van der Waals surface area contributed by atoms with E-state index < -0.39 is 0 Å². The minimum absolute atomic E-state index is 0.00428. The van der Waals surface area contributed by atoms with Crippen molar-refractivity contribution in [3.63, 3.8) is 0 Å². The van der Waals surface area contributed by atoms with Crippen LogP contribution in [0.1, 0.15) is 38.5 Å². The van der Waals surface area contributed by atoms with Crippen molar-refractivity contribution < 1.29 is 4.79 Å². The van der Waals surface area contributed by atoms with Crippen molar-refractivity contribution in [2.75, 3.05) is 13.1 Å². The van der Waals surface area contributed by atoms with Crippen LogP contribution in [0.15, 0.2) is 4.99 Å². The predicted molar refractivity (Wildman–Crippen MR) is 69.7 cm³/mol. The molecular formula is C12H21N5O. The molecule has 4 N–H and O–H groups in total. The highest BCUT2D eigenvalue weighted by Crippen LogP contribution is 2.16. The molecule has 18 heavy (non-hydrogen) atoms. The number of nitrogens with zero attached hydrogens (tertiary/aromatic N) is 2. The number of guanidine groups is 1. The van der Waals surface area contributed by atoms with Crippen molar-refractivity contribution in [3.8, 4) is 6.07 Å². The van der Waals surface area contributed by atoms with Gasteiger partial charge in [0.25, 0.3) is 0 Å². The zero-order valence-electron chi connectivity index (χ0n) is 10.6. The van der Waals surface area contributed by atoms with E-state index in [0.717, 1.165) is 12.8 Å². The summed E-state index contributed by atoms with van der Waals surface area (Å²) >= 11 is 0. The first-order chi connectivity index (χ1) is 8.72. The highest BCUT2D eigenvalue weighted by atomic mass is 16.1. The zero-order valence-corrected chi connectivity index (χ0v) is 10.6. The molecule has 1 aliphatic carbocycles. The van der Waals surface area contributed by atoms with E-state index in [0.29, 0.717) is 12.0 Å². The highest BCUT2D eigenvalue weighted by Gasteiger charge is 2.12. The van der Waals surface area contributed by atoms with Crippen LogP contribution in [-0.4, -0.2) is 31.0 Å². The third-order valence-electron chi connectivity index (χ3n) is 2.96. The Labute approximate surface area is 108 Å². The van der Waals surface area contributed by atoms with E-state index in [1.165, 1.54) is 25.7 Å². The SMILES string of the molecule is N#CCNC(=O)CN=C(N)NC1CCCCCC1. The maximum atomic E-state index is 11.2. The van der Waals surface area contributed by atoms with Crippen molar-refractivity contribution in [2.45, 2.75) is 44.6 Å². The fraction of sp³-hybridized carbons (Fsp3) is 0.750. The average molecular weight is 251 g/mol. The number of aliphatic imine (C=N–C) groups is 1. The second-order valence-corrected chi connectivity index (χ2v) is 4.47. The van der Waals surface area contributed by atoms with Crippen LogP contribution < -0.4 is 16.4 Å². The first kappa shape index (κ1) is 14.3. The van der Waals surface area contributed by atoms with Gasteiger partial charge in [-0.2, -0.15) is 5.26 Å². The lowest BCUT2D eigenvalue weighted by molar-refractivity contribution is -0.119. The molecule has 1 saturated carbocycles. The lowest BCUT2D eigenvalue weighted by Gasteiger charge is -2.16. The number of nitrogens with one attached hydrogen (secondary N) is 2. The Bertz CT molecular complexity index is 326. The molecule has 0 aliphatic heterocycles. The molecular weight excluding hydrogens is 230 g/mol. The van der Waals surface area contributed by atoms with E-state index in [9.17, 15) is 4.79 Å². The molecule has 1 fully saturated rings. The zero-order chi connectivity index (χ0) is 13.2. The van der Waals surface area contributed by atoms with Crippen molar-refractivity contribution >= 4 is 11.9 Å². The molecule has 0 radical (unpaired) electrons. The normalized spacial score (nSPS) is 17.6. The van der Waals surface area contributed by atoms with Crippen LogP contribution in [0.3, 0.4) is 0 Å². The van der Waals surface area contributed by atoms with Gasteiger partial charge in [-0.05, 0) is 12.8 Å². The topological polar surface area (TPSA) is 103 Å². The molecule has 1 rings (SSSR count). The molecule has 6 nitrogen and oxygen atoms in total. The minimum Gasteiger partial charge on any atom is -0.370 e. The van der Waals surface area contributed by atoms with Gasteiger partial charge in [-0.3, -0.25) is 4.79 Å². The highest BCUT2D eigenvalue weighted by molar-refractivity contribution is 5.84. The van der Waals surface area contributed by atoms with E-state index in [2.05, 4.69) is 15.6 Å². The van der Waals surface area contributed by atoms with Crippen molar-refractivity contribution in [2.24, 2.45) is 10.7 Å². The van der Waals surface area contributed by atoms with Crippen LogP contribution in [0.5, 0.6) is 0 Å².